The Balaban J connectivity index is 1.47. The quantitative estimate of drug-likeness (QED) is 0.391. The van der Waals surface area contributed by atoms with E-state index in [4.69, 9.17) is 5.10 Å². The van der Waals surface area contributed by atoms with Gasteiger partial charge in [0.2, 0.25) is 0 Å². The zero-order valence-electron chi connectivity index (χ0n) is 18.1. The summed E-state index contributed by atoms with van der Waals surface area (Å²) >= 11 is 1.34. The van der Waals surface area contributed by atoms with Gasteiger partial charge in [0, 0.05) is 17.3 Å². The number of aryl methyl sites for hydroxylation is 1. The molecular weight excluding hydrogens is 428 g/mol. The third kappa shape index (κ3) is 4.96. The third-order valence-electron chi connectivity index (χ3n) is 5.23. The lowest BCUT2D eigenvalue weighted by Gasteiger charge is -2.01. The normalized spacial score (nSPS) is 15.8. The molecule has 0 bridgehead atoms. The molecule has 0 atom stereocenters. The van der Waals surface area contributed by atoms with Crippen LogP contribution in [0.5, 0.6) is 0 Å². The second-order valence-electron chi connectivity index (χ2n) is 7.80. The van der Waals surface area contributed by atoms with Crippen LogP contribution in [0.15, 0.2) is 101 Å². The third-order valence-corrected chi connectivity index (χ3v) is 6.14. The number of amidine groups is 1. The summed E-state index contributed by atoms with van der Waals surface area (Å²) in [7, 11) is 0. The molecule has 1 N–H and O–H groups in total. The zero-order valence-corrected chi connectivity index (χ0v) is 18.9. The molecule has 0 spiro atoms. The van der Waals surface area contributed by atoms with Crippen molar-refractivity contribution in [2.75, 3.05) is 0 Å². The number of aromatic nitrogens is 2. The average Bonchev–Trinajstić information content (AvgIpc) is 3.39. The number of amides is 1. The van der Waals surface area contributed by atoms with Crippen molar-refractivity contribution in [3.63, 3.8) is 0 Å². The maximum Gasteiger partial charge on any atom is 0.264 e. The molecule has 1 aliphatic rings. The van der Waals surface area contributed by atoms with Crippen LogP contribution >= 0.6 is 11.8 Å². The first-order valence-electron chi connectivity index (χ1n) is 10.7. The van der Waals surface area contributed by atoms with E-state index in [1.54, 1.807) is 0 Å². The molecule has 2 heterocycles. The first kappa shape index (κ1) is 21.0. The molecule has 162 valence electrons. The number of carbonyl (C=O) groups excluding carboxylic acids is 1. The van der Waals surface area contributed by atoms with E-state index in [2.05, 4.69) is 22.4 Å². The number of hydrogen-bond donors (Lipinski definition) is 1. The van der Waals surface area contributed by atoms with E-state index in [1.165, 1.54) is 22.9 Å². The van der Waals surface area contributed by atoms with Gasteiger partial charge in [-0.05, 0) is 42.5 Å². The minimum atomic E-state index is -0.152. The van der Waals surface area contributed by atoms with Gasteiger partial charge in [-0.1, -0.05) is 78.4 Å². The molecule has 4 aromatic rings. The maximum atomic E-state index is 12.7. The van der Waals surface area contributed by atoms with Gasteiger partial charge >= 0.3 is 0 Å². The van der Waals surface area contributed by atoms with E-state index in [0.717, 1.165) is 22.5 Å². The van der Waals surface area contributed by atoms with E-state index in [-0.39, 0.29) is 5.91 Å². The lowest BCUT2D eigenvalue weighted by molar-refractivity contribution is -0.115. The number of hydrogen-bond acceptors (Lipinski definition) is 4. The summed E-state index contributed by atoms with van der Waals surface area (Å²) in [4.78, 5) is 17.8. The van der Waals surface area contributed by atoms with Crippen molar-refractivity contribution < 1.29 is 4.79 Å². The number of carbonyl (C=O) groups is 1. The molecule has 0 unspecified atom stereocenters. The first-order valence-corrected chi connectivity index (χ1v) is 11.5. The van der Waals surface area contributed by atoms with Gasteiger partial charge in [0.15, 0.2) is 5.17 Å². The summed E-state index contributed by atoms with van der Waals surface area (Å²) in [5.74, 6) is -0.152. The highest BCUT2D eigenvalue weighted by Crippen LogP contribution is 2.31. The molecule has 1 aliphatic heterocycles. The Morgan fingerprint density at radius 1 is 0.970 bits per heavy atom. The van der Waals surface area contributed by atoms with Crippen molar-refractivity contribution in [3.8, 4) is 11.3 Å². The number of rotatable bonds is 5. The van der Waals surface area contributed by atoms with Gasteiger partial charge in [0.1, 0.15) is 0 Å². The lowest BCUT2D eigenvalue weighted by Crippen LogP contribution is -2.19. The molecule has 1 amide bonds. The number of nitrogens with one attached hydrogen (secondary N) is 1. The minimum absolute atomic E-state index is 0.152. The van der Waals surface area contributed by atoms with E-state index >= 15 is 0 Å². The molecule has 33 heavy (non-hydrogen) atoms. The summed E-state index contributed by atoms with van der Waals surface area (Å²) in [5.41, 5.74) is 5.89. The van der Waals surface area contributed by atoms with Crippen molar-refractivity contribution in [2.45, 2.75) is 13.5 Å². The average molecular weight is 451 g/mol. The Bertz CT molecular complexity index is 1340. The minimum Gasteiger partial charge on any atom is -0.300 e. The fourth-order valence-corrected chi connectivity index (χ4v) is 4.41. The molecule has 1 fully saturated rings. The van der Waals surface area contributed by atoms with Crippen molar-refractivity contribution in [2.24, 2.45) is 4.99 Å². The highest BCUT2D eigenvalue weighted by Gasteiger charge is 2.25. The Morgan fingerprint density at radius 2 is 1.67 bits per heavy atom. The fraction of sp³-hybridized carbons (Fsp3) is 0.0741. The van der Waals surface area contributed by atoms with Crippen LogP contribution in [-0.4, -0.2) is 20.9 Å². The van der Waals surface area contributed by atoms with Crippen molar-refractivity contribution in [1.29, 1.82) is 0 Å². The van der Waals surface area contributed by atoms with Crippen LogP contribution in [0, 0.1) is 6.92 Å². The van der Waals surface area contributed by atoms with Crippen LogP contribution in [0.4, 0.5) is 5.69 Å². The summed E-state index contributed by atoms with van der Waals surface area (Å²) in [6, 6.07) is 28.1. The van der Waals surface area contributed by atoms with E-state index in [1.807, 2.05) is 96.7 Å². The van der Waals surface area contributed by atoms with Crippen LogP contribution in [0.2, 0.25) is 0 Å². The summed E-state index contributed by atoms with van der Waals surface area (Å²) in [6.45, 7) is 2.69. The van der Waals surface area contributed by atoms with E-state index < -0.39 is 0 Å². The first-order chi connectivity index (χ1) is 16.1. The maximum absolute atomic E-state index is 12.7. The predicted octanol–water partition coefficient (Wildman–Crippen LogP) is 5.80. The van der Waals surface area contributed by atoms with Gasteiger partial charge < -0.3 is 5.32 Å². The highest BCUT2D eigenvalue weighted by atomic mass is 32.2. The highest BCUT2D eigenvalue weighted by molar-refractivity contribution is 8.18. The second kappa shape index (κ2) is 9.30. The van der Waals surface area contributed by atoms with Crippen LogP contribution in [-0.2, 0) is 11.3 Å². The molecule has 1 aromatic heterocycles. The Labute approximate surface area is 196 Å². The molecule has 0 saturated carbocycles. The van der Waals surface area contributed by atoms with Gasteiger partial charge in [-0.25, -0.2) is 4.99 Å². The second-order valence-corrected chi connectivity index (χ2v) is 8.83. The predicted molar refractivity (Wildman–Crippen MR) is 135 cm³/mol. The fourth-order valence-electron chi connectivity index (χ4n) is 3.57. The molecule has 5 nitrogen and oxygen atoms in total. The molecule has 3 aromatic carbocycles. The Kier molecular flexibility index (Phi) is 5.91. The molecule has 0 aliphatic carbocycles. The number of nitrogens with zero attached hydrogens (tertiary/aromatic N) is 3. The smallest absolute Gasteiger partial charge is 0.264 e. The number of benzene rings is 3. The van der Waals surface area contributed by atoms with Crippen LogP contribution in [0.1, 0.15) is 16.7 Å². The summed E-state index contributed by atoms with van der Waals surface area (Å²) in [5, 5.41) is 8.29. The molecule has 5 rings (SSSR count). The van der Waals surface area contributed by atoms with Gasteiger partial charge in [0.05, 0.1) is 22.8 Å². The van der Waals surface area contributed by atoms with Gasteiger partial charge in [-0.15, -0.1) is 0 Å². The van der Waals surface area contributed by atoms with Crippen molar-refractivity contribution in [1.82, 2.24) is 15.1 Å². The molecular formula is C27H22N4OS. The van der Waals surface area contributed by atoms with Crippen molar-refractivity contribution >= 4 is 34.6 Å². The van der Waals surface area contributed by atoms with E-state index in [9.17, 15) is 4.79 Å². The van der Waals surface area contributed by atoms with Gasteiger partial charge in [-0.3, -0.25) is 9.48 Å². The molecule has 0 radical (unpaired) electrons. The SMILES string of the molecule is Cc1ccc(N=C2NC(=O)/C(=C\c3cn(Cc4ccccc4)nc3-c3ccccc3)S2)cc1. The standard InChI is InChI=1S/C27H22N4OS/c1-19-12-14-23(15-13-19)28-27-29-26(32)24(33-27)16-22-18-31(17-20-8-4-2-5-9-20)30-25(22)21-10-6-3-7-11-21/h2-16,18H,17H2,1H3,(H,28,29,32)/b24-16+. The largest absolute Gasteiger partial charge is 0.300 e. The van der Waals surface area contributed by atoms with Crippen LogP contribution in [0.3, 0.4) is 0 Å². The van der Waals surface area contributed by atoms with Gasteiger partial charge in [0.25, 0.3) is 5.91 Å². The van der Waals surface area contributed by atoms with Crippen LogP contribution < -0.4 is 5.32 Å². The summed E-state index contributed by atoms with van der Waals surface area (Å²) < 4.78 is 1.92. The lowest BCUT2D eigenvalue weighted by atomic mass is 10.1. The van der Waals surface area contributed by atoms with Crippen molar-refractivity contribution in [3.05, 3.63) is 113 Å². The number of thioether (sulfide) groups is 1. The Hall–Kier alpha value is -3.90. The number of aliphatic imine (C=N–C) groups is 1. The molecule has 6 heteroatoms. The zero-order chi connectivity index (χ0) is 22.6. The topological polar surface area (TPSA) is 59.3 Å². The van der Waals surface area contributed by atoms with E-state index in [0.29, 0.717) is 16.6 Å². The monoisotopic (exact) mass is 450 g/mol. The van der Waals surface area contributed by atoms with Gasteiger partial charge in [-0.2, -0.15) is 5.10 Å². The molecule has 1 saturated heterocycles. The Morgan fingerprint density at radius 3 is 2.39 bits per heavy atom. The van der Waals surface area contributed by atoms with Crippen LogP contribution in [0.25, 0.3) is 17.3 Å². The summed E-state index contributed by atoms with van der Waals surface area (Å²) in [6.07, 6.45) is 3.89.